The van der Waals surface area contributed by atoms with Gasteiger partial charge in [0.1, 0.15) is 0 Å². The Hall–Kier alpha value is -0.910. The minimum absolute atomic E-state index is 0.0612. The molecule has 1 aliphatic heterocycles. The molecule has 0 aromatic carbocycles. The van der Waals surface area contributed by atoms with E-state index in [-0.39, 0.29) is 17.2 Å². The lowest BCUT2D eigenvalue weighted by Crippen LogP contribution is -2.51. The maximum atomic E-state index is 11.3. The molecule has 5 nitrogen and oxygen atoms in total. The van der Waals surface area contributed by atoms with Crippen LogP contribution in [0.25, 0.3) is 0 Å². The minimum atomic E-state index is -0.942. The van der Waals surface area contributed by atoms with Crippen molar-refractivity contribution in [2.24, 2.45) is 0 Å². The molecule has 80 valence electrons. The Morgan fingerprint density at radius 1 is 1.57 bits per heavy atom. The summed E-state index contributed by atoms with van der Waals surface area (Å²) in [6.45, 7) is 2.67. The van der Waals surface area contributed by atoms with Crippen molar-refractivity contribution >= 4 is 22.7 Å². The fraction of sp³-hybridized carbons (Fsp3) is 0.750. The van der Waals surface area contributed by atoms with E-state index in [9.17, 15) is 13.8 Å². The van der Waals surface area contributed by atoms with Crippen LogP contribution in [0.2, 0.25) is 0 Å². The first-order valence-corrected chi connectivity index (χ1v) is 6.04. The summed E-state index contributed by atoms with van der Waals surface area (Å²) in [4.78, 5) is 23.6. The zero-order valence-corrected chi connectivity index (χ0v) is 9.10. The Balaban J connectivity index is 2.49. The molecule has 1 rings (SSSR count). The number of hydrogen-bond donors (Lipinski definition) is 1. The van der Waals surface area contributed by atoms with E-state index in [1.165, 1.54) is 4.90 Å². The molecule has 1 heterocycles. The Labute approximate surface area is 85.3 Å². The number of carbonyl (C=O) groups excluding carboxylic acids is 2. The molecular weight excluding hydrogens is 204 g/mol. The van der Waals surface area contributed by atoms with E-state index in [0.29, 0.717) is 19.5 Å². The van der Waals surface area contributed by atoms with Gasteiger partial charge in [-0.05, 0) is 6.92 Å². The highest BCUT2D eigenvalue weighted by atomic mass is 32.2. The Bertz CT molecular complexity index is 280. The van der Waals surface area contributed by atoms with Crippen molar-refractivity contribution in [1.82, 2.24) is 10.2 Å². The van der Waals surface area contributed by atoms with Gasteiger partial charge in [0.05, 0.1) is 0 Å². The molecule has 0 spiro atoms. The van der Waals surface area contributed by atoms with Gasteiger partial charge in [-0.15, -0.1) is 0 Å². The first kappa shape index (κ1) is 11.2. The standard InChI is InChI=1S/C8H14N2O3S/c1-6(14(2)13)5-10-4-3-7(11)9-8(10)12/h6H,3-5H2,1-2H3,(H,9,11,12). The van der Waals surface area contributed by atoms with Crippen LogP contribution >= 0.6 is 0 Å². The lowest BCUT2D eigenvalue weighted by Gasteiger charge is -2.28. The number of carbonyl (C=O) groups is 2. The van der Waals surface area contributed by atoms with E-state index in [1.54, 1.807) is 6.26 Å². The molecule has 0 aromatic rings. The third-order valence-electron chi connectivity index (χ3n) is 2.19. The van der Waals surface area contributed by atoms with E-state index >= 15 is 0 Å². The summed E-state index contributed by atoms with van der Waals surface area (Å²) in [7, 11) is -0.942. The summed E-state index contributed by atoms with van der Waals surface area (Å²) in [6, 6.07) is -0.376. The maximum Gasteiger partial charge on any atom is 0.324 e. The molecule has 0 aromatic heterocycles. The smallest absolute Gasteiger partial charge is 0.323 e. The van der Waals surface area contributed by atoms with Crippen LogP contribution in [0.3, 0.4) is 0 Å². The quantitative estimate of drug-likeness (QED) is 0.707. The van der Waals surface area contributed by atoms with Gasteiger partial charge in [0.25, 0.3) is 0 Å². The summed E-state index contributed by atoms with van der Waals surface area (Å²) in [6.07, 6.45) is 1.94. The number of nitrogens with one attached hydrogen (secondary N) is 1. The molecule has 1 fully saturated rings. The number of urea groups is 1. The zero-order valence-electron chi connectivity index (χ0n) is 8.28. The summed E-state index contributed by atoms with van der Waals surface area (Å²) < 4.78 is 11.1. The van der Waals surface area contributed by atoms with Crippen LogP contribution in [-0.2, 0) is 15.6 Å². The lowest BCUT2D eigenvalue weighted by atomic mass is 10.3. The number of hydrogen-bond acceptors (Lipinski definition) is 3. The second-order valence-corrected chi connectivity index (χ2v) is 5.16. The van der Waals surface area contributed by atoms with Crippen molar-refractivity contribution in [2.45, 2.75) is 18.6 Å². The fourth-order valence-electron chi connectivity index (χ4n) is 1.19. The van der Waals surface area contributed by atoms with Gasteiger partial charge >= 0.3 is 6.03 Å². The molecule has 6 heteroatoms. The molecule has 2 atom stereocenters. The molecule has 2 unspecified atom stereocenters. The number of rotatable bonds is 3. The Morgan fingerprint density at radius 2 is 2.21 bits per heavy atom. The van der Waals surface area contributed by atoms with Crippen LogP contribution in [0, 0.1) is 0 Å². The summed E-state index contributed by atoms with van der Waals surface area (Å²) in [5.41, 5.74) is 0. The van der Waals surface area contributed by atoms with E-state index in [0.717, 1.165) is 0 Å². The second kappa shape index (κ2) is 4.54. The van der Waals surface area contributed by atoms with Gasteiger partial charge in [-0.2, -0.15) is 0 Å². The normalized spacial score (nSPS) is 21.7. The topological polar surface area (TPSA) is 66.5 Å². The van der Waals surface area contributed by atoms with Crippen molar-refractivity contribution in [3.8, 4) is 0 Å². The minimum Gasteiger partial charge on any atom is -0.323 e. The summed E-state index contributed by atoms with van der Waals surface area (Å²) >= 11 is 0. The highest BCUT2D eigenvalue weighted by molar-refractivity contribution is 7.84. The molecule has 0 bridgehead atoms. The largest absolute Gasteiger partial charge is 0.324 e. The monoisotopic (exact) mass is 218 g/mol. The van der Waals surface area contributed by atoms with Gasteiger partial charge in [0.15, 0.2) is 0 Å². The highest BCUT2D eigenvalue weighted by Gasteiger charge is 2.24. The van der Waals surface area contributed by atoms with Crippen molar-refractivity contribution in [1.29, 1.82) is 0 Å². The van der Waals surface area contributed by atoms with E-state index < -0.39 is 10.8 Å². The maximum absolute atomic E-state index is 11.3. The van der Waals surface area contributed by atoms with Crippen molar-refractivity contribution < 1.29 is 13.8 Å². The summed E-state index contributed by atoms with van der Waals surface area (Å²) in [5.74, 6) is -0.239. The van der Waals surface area contributed by atoms with Crippen LogP contribution < -0.4 is 5.32 Å². The van der Waals surface area contributed by atoms with E-state index in [4.69, 9.17) is 0 Å². The Morgan fingerprint density at radius 3 is 2.71 bits per heavy atom. The SMILES string of the molecule is CC(CN1CCC(=O)NC1=O)S(C)=O. The van der Waals surface area contributed by atoms with E-state index in [2.05, 4.69) is 5.32 Å². The molecule has 1 aliphatic rings. The van der Waals surface area contributed by atoms with Gasteiger partial charge in [0, 0.05) is 41.8 Å². The van der Waals surface area contributed by atoms with Gasteiger partial charge in [-0.25, -0.2) is 4.79 Å². The number of imide groups is 1. The Kier molecular flexibility index (Phi) is 3.62. The molecule has 3 amide bonds. The van der Waals surface area contributed by atoms with Crippen molar-refractivity contribution in [2.75, 3.05) is 19.3 Å². The molecular formula is C8H14N2O3S. The van der Waals surface area contributed by atoms with Crippen molar-refractivity contribution in [3.05, 3.63) is 0 Å². The molecule has 14 heavy (non-hydrogen) atoms. The molecule has 0 saturated carbocycles. The van der Waals surface area contributed by atoms with Gasteiger partial charge in [-0.1, -0.05) is 0 Å². The second-order valence-electron chi connectivity index (χ2n) is 3.36. The molecule has 1 N–H and O–H groups in total. The third kappa shape index (κ3) is 2.80. The van der Waals surface area contributed by atoms with Crippen LogP contribution in [0.1, 0.15) is 13.3 Å². The van der Waals surface area contributed by atoms with Crippen LogP contribution in [0.5, 0.6) is 0 Å². The predicted octanol–water partition coefficient (Wildman–Crippen LogP) is -0.305. The van der Waals surface area contributed by atoms with Gasteiger partial charge < -0.3 is 4.90 Å². The third-order valence-corrected chi connectivity index (χ3v) is 3.47. The lowest BCUT2D eigenvalue weighted by molar-refractivity contribution is -0.121. The number of amides is 3. The van der Waals surface area contributed by atoms with Crippen LogP contribution in [-0.4, -0.2) is 45.6 Å². The molecule has 0 aliphatic carbocycles. The van der Waals surface area contributed by atoms with Gasteiger partial charge in [0.2, 0.25) is 5.91 Å². The number of nitrogens with zero attached hydrogens (tertiary/aromatic N) is 1. The zero-order chi connectivity index (χ0) is 10.7. The highest BCUT2D eigenvalue weighted by Crippen LogP contribution is 2.04. The van der Waals surface area contributed by atoms with Crippen LogP contribution in [0.15, 0.2) is 0 Å². The van der Waals surface area contributed by atoms with Gasteiger partial charge in [-0.3, -0.25) is 14.3 Å². The average Bonchev–Trinajstić information content (AvgIpc) is 2.09. The predicted molar refractivity (Wildman–Crippen MR) is 53.3 cm³/mol. The first-order chi connectivity index (χ1) is 6.50. The van der Waals surface area contributed by atoms with Crippen LogP contribution in [0.4, 0.5) is 4.79 Å². The average molecular weight is 218 g/mol. The first-order valence-electron chi connectivity index (χ1n) is 4.41. The fourth-order valence-corrected chi connectivity index (χ4v) is 1.58. The molecule has 0 radical (unpaired) electrons. The summed E-state index contributed by atoms with van der Waals surface area (Å²) in [5, 5.41) is 2.16. The molecule has 1 saturated heterocycles. The van der Waals surface area contributed by atoms with E-state index in [1.807, 2.05) is 6.92 Å². The van der Waals surface area contributed by atoms with Crippen molar-refractivity contribution in [3.63, 3.8) is 0 Å².